The molecule has 0 radical (unpaired) electrons. The van der Waals surface area contributed by atoms with Gasteiger partial charge in [-0.25, -0.2) is 4.79 Å². The number of hydrogen-bond donors (Lipinski definition) is 0. The van der Waals surface area contributed by atoms with Gasteiger partial charge in [-0.15, -0.1) is 5.76 Å². The first-order chi connectivity index (χ1) is 9.13. The van der Waals surface area contributed by atoms with Crippen LogP contribution in [0.5, 0.6) is 0 Å². The number of carbonyl (C=O) groups excluding carboxylic acids is 1. The number of esters is 1. The third kappa shape index (κ3) is 3.06. The van der Waals surface area contributed by atoms with E-state index in [0.29, 0.717) is 6.42 Å². The number of benzene rings is 1. The third-order valence-corrected chi connectivity index (χ3v) is 3.57. The molecule has 1 aromatic carbocycles. The van der Waals surface area contributed by atoms with Crippen LogP contribution >= 0.6 is 0 Å². The fraction of sp³-hybridized carbons (Fsp3) is 0.333. The summed E-state index contributed by atoms with van der Waals surface area (Å²) in [5, 5.41) is 21.3. The van der Waals surface area contributed by atoms with Crippen molar-refractivity contribution in [1.82, 2.24) is 0 Å². The van der Waals surface area contributed by atoms with Crippen LogP contribution in [0.3, 0.4) is 0 Å². The van der Waals surface area contributed by atoms with Crippen molar-refractivity contribution in [1.29, 1.82) is 5.26 Å². The largest absolute Gasteiger partial charge is 1.00 e. The SMILES string of the molecule is COC(=O)C1=C([O-])CCC(C#N)(c2ccccc2)C1.[Na+]. The van der Waals surface area contributed by atoms with Crippen molar-refractivity contribution < 1.29 is 44.2 Å². The molecule has 0 fully saturated rings. The Bertz CT molecular complexity index is 562. The fourth-order valence-corrected chi connectivity index (χ4v) is 2.44. The molecule has 4 nitrogen and oxygen atoms in total. The average Bonchev–Trinajstić information content (AvgIpc) is 2.48. The first-order valence-corrected chi connectivity index (χ1v) is 6.07. The third-order valence-electron chi connectivity index (χ3n) is 3.57. The molecule has 0 saturated carbocycles. The Morgan fingerprint density at radius 2 is 2.05 bits per heavy atom. The normalized spacial score (nSPS) is 21.6. The van der Waals surface area contributed by atoms with E-state index < -0.39 is 11.4 Å². The van der Waals surface area contributed by atoms with Crippen molar-refractivity contribution in [2.45, 2.75) is 24.7 Å². The molecule has 1 aliphatic rings. The number of carbonyl (C=O) groups is 1. The van der Waals surface area contributed by atoms with Crippen LogP contribution in [0.2, 0.25) is 0 Å². The van der Waals surface area contributed by atoms with E-state index in [-0.39, 0.29) is 53.7 Å². The average molecular weight is 279 g/mol. The Morgan fingerprint density at radius 1 is 1.40 bits per heavy atom. The summed E-state index contributed by atoms with van der Waals surface area (Å²) < 4.78 is 4.63. The number of hydrogen-bond acceptors (Lipinski definition) is 4. The number of nitrogens with zero attached hydrogens (tertiary/aromatic N) is 1. The molecular weight excluding hydrogens is 265 g/mol. The van der Waals surface area contributed by atoms with E-state index in [1.807, 2.05) is 30.3 Å². The van der Waals surface area contributed by atoms with Gasteiger partial charge in [0, 0.05) is 12.0 Å². The van der Waals surface area contributed by atoms with E-state index in [2.05, 4.69) is 10.8 Å². The van der Waals surface area contributed by atoms with Crippen LogP contribution in [0.25, 0.3) is 0 Å². The van der Waals surface area contributed by atoms with Gasteiger partial charge in [-0.05, 0) is 18.4 Å². The van der Waals surface area contributed by atoms with E-state index in [9.17, 15) is 15.2 Å². The topological polar surface area (TPSA) is 73.2 Å². The summed E-state index contributed by atoms with van der Waals surface area (Å²) in [4.78, 5) is 11.6. The number of methoxy groups -OCH3 is 1. The Hall–Kier alpha value is -1.28. The van der Waals surface area contributed by atoms with Crippen molar-refractivity contribution in [2.75, 3.05) is 7.11 Å². The first-order valence-electron chi connectivity index (χ1n) is 6.07. The van der Waals surface area contributed by atoms with Crippen LogP contribution in [0, 0.1) is 11.3 Å². The molecule has 0 amide bonds. The molecule has 1 atom stereocenters. The zero-order chi connectivity index (χ0) is 13.9. The zero-order valence-corrected chi connectivity index (χ0v) is 13.7. The summed E-state index contributed by atoms with van der Waals surface area (Å²) >= 11 is 0. The van der Waals surface area contributed by atoms with Crippen molar-refractivity contribution in [2.24, 2.45) is 0 Å². The van der Waals surface area contributed by atoms with Gasteiger partial charge in [-0.1, -0.05) is 30.3 Å². The van der Waals surface area contributed by atoms with Gasteiger partial charge in [0.05, 0.1) is 18.6 Å². The molecule has 1 unspecified atom stereocenters. The predicted molar refractivity (Wildman–Crippen MR) is 66.6 cm³/mol. The molecule has 0 bridgehead atoms. The minimum atomic E-state index is -0.807. The number of rotatable bonds is 2. The zero-order valence-electron chi connectivity index (χ0n) is 11.7. The van der Waals surface area contributed by atoms with Gasteiger partial charge >= 0.3 is 35.5 Å². The molecule has 1 aliphatic carbocycles. The van der Waals surface area contributed by atoms with E-state index in [4.69, 9.17) is 0 Å². The number of allylic oxidation sites excluding steroid dienone is 1. The van der Waals surface area contributed by atoms with E-state index in [0.717, 1.165) is 5.56 Å². The van der Waals surface area contributed by atoms with Crippen molar-refractivity contribution in [3.8, 4) is 6.07 Å². The maximum Gasteiger partial charge on any atom is 1.00 e. The van der Waals surface area contributed by atoms with Gasteiger partial charge in [-0.2, -0.15) is 5.26 Å². The summed E-state index contributed by atoms with van der Waals surface area (Å²) in [6.07, 6.45) is 0.763. The standard InChI is InChI=1S/C15H15NO3.Na/c1-19-14(18)12-9-15(10-16,8-7-13(12)17)11-5-3-2-4-6-11;/h2-6,17H,7-9H2,1H3;/q;+1/p-1. The molecule has 0 saturated heterocycles. The number of nitriles is 1. The van der Waals surface area contributed by atoms with Crippen molar-refractivity contribution in [3.63, 3.8) is 0 Å². The molecule has 0 spiro atoms. The minimum absolute atomic E-state index is 0. The van der Waals surface area contributed by atoms with E-state index in [1.165, 1.54) is 7.11 Å². The molecule has 0 aliphatic heterocycles. The monoisotopic (exact) mass is 279 g/mol. The smallest absolute Gasteiger partial charge is 0.875 e. The van der Waals surface area contributed by atoms with Gasteiger partial charge < -0.3 is 9.84 Å². The van der Waals surface area contributed by atoms with Crippen LogP contribution in [0.15, 0.2) is 41.7 Å². The summed E-state index contributed by atoms with van der Waals surface area (Å²) in [6.45, 7) is 0. The van der Waals surface area contributed by atoms with Crippen molar-refractivity contribution >= 4 is 5.97 Å². The van der Waals surface area contributed by atoms with Gasteiger partial charge in [0.2, 0.25) is 0 Å². The summed E-state index contributed by atoms with van der Waals surface area (Å²) in [5.41, 5.74) is 0.129. The Balaban J connectivity index is 0.00000200. The fourth-order valence-electron chi connectivity index (χ4n) is 2.44. The Labute approximate surface area is 140 Å². The molecule has 20 heavy (non-hydrogen) atoms. The van der Waals surface area contributed by atoms with Gasteiger partial charge in [0.25, 0.3) is 0 Å². The maximum absolute atomic E-state index is 11.8. The maximum atomic E-state index is 11.8. The van der Waals surface area contributed by atoms with Crippen LogP contribution in [0.4, 0.5) is 0 Å². The molecule has 5 heteroatoms. The minimum Gasteiger partial charge on any atom is -0.875 e. The number of ether oxygens (including phenoxy) is 1. The second-order valence-corrected chi connectivity index (χ2v) is 4.63. The Kier molecular flexibility index (Phi) is 5.82. The van der Waals surface area contributed by atoms with Gasteiger partial charge in [-0.3, -0.25) is 0 Å². The quantitative estimate of drug-likeness (QED) is 0.484. The predicted octanol–water partition coefficient (Wildman–Crippen LogP) is -1.58. The molecule has 2 rings (SSSR count). The van der Waals surface area contributed by atoms with Crippen LogP contribution in [-0.2, 0) is 14.9 Å². The first kappa shape index (κ1) is 16.8. The van der Waals surface area contributed by atoms with Crippen LogP contribution in [-0.4, -0.2) is 13.1 Å². The molecular formula is C15H14NNaO3. The molecule has 1 aromatic rings. The second-order valence-electron chi connectivity index (χ2n) is 4.63. The van der Waals surface area contributed by atoms with Crippen LogP contribution in [0.1, 0.15) is 24.8 Å². The molecule has 0 aromatic heterocycles. The van der Waals surface area contributed by atoms with Crippen molar-refractivity contribution in [3.05, 3.63) is 47.2 Å². The van der Waals surface area contributed by atoms with E-state index >= 15 is 0 Å². The summed E-state index contributed by atoms with van der Waals surface area (Å²) in [5.74, 6) is -0.839. The van der Waals surface area contributed by atoms with Gasteiger partial charge in [0.1, 0.15) is 0 Å². The Morgan fingerprint density at radius 3 is 2.60 bits per heavy atom. The van der Waals surface area contributed by atoms with E-state index in [1.54, 1.807) is 0 Å². The molecule has 98 valence electrons. The van der Waals surface area contributed by atoms with Gasteiger partial charge in [0.15, 0.2) is 0 Å². The summed E-state index contributed by atoms with van der Waals surface area (Å²) in [7, 11) is 1.24. The summed E-state index contributed by atoms with van der Waals surface area (Å²) in [6, 6.07) is 11.6. The molecule has 0 heterocycles. The second kappa shape index (κ2) is 6.94. The molecule has 0 N–H and O–H groups in total. The van der Waals surface area contributed by atoms with Crippen LogP contribution < -0.4 is 34.7 Å².